The molecule has 30 heavy (non-hydrogen) atoms. The van der Waals surface area contributed by atoms with E-state index in [4.69, 9.17) is 26.2 Å². The van der Waals surface area contributed by atoms with E-state index in [2.05, 4.69) is 47.5 Å². The Hall–Kier alpha value is -1.63. The molecule has 1 aromatic heterocycles. The summed E-state index contributed by atoms with van der Waals surface area (Å²) in [7, 11) is 0. The zero-order valence-electron chi connectivity index (χ0n) is 18.5. The maximum atomic E-state index is 6.27. The van der Waals surface area contributed by atoms with Crippen LogP contribution in [0.4, 0.5) is 5.95 Å². The quantitative estimate of drug-likeness (QED) is 0.591. The van der Waals surface area contributed by atoms with Gasteiger partial charge < -0.3 is 14.4 Å². The molecule has 6 nitrogen and oxygen atoms in total. The minimum absolute atomic E-state index is 0.345. The normalized spacial score (nSPS) is 26.2. The van der Waals surface area contributed by atoms with Gasteiger partial charge in [0.25, 0.3) is 0 Å². The van der Waals surface area contributed by atoms with Crippen LogP contribution in [0.3, 0.4) is 0 Å². The molecule has 0 radical (unpaired) electrons. The van der Waals surface area contributed by atoms with Gasteiger partial charge >= 0.3 is 0 Å². The van der Waals surface area contributed by atoms with E-state index in [-0.39, 0.29) is 0 Å². The third-order valence-corrected chi connectivity index (χ3v) is 6.75. The number of halogens is 1. The van der Waals surface area contributed by atoms with Gasteiger partial charge in [0.15, 0.2) is 11.4 Å². The van der Waals surface area contributed by atoms with Crippen molar-refractivity contribution in [2.24, 2.45) is 0 Å². The van der Waals surface area contributed by atoms with Gasteiger partial charge in [0.2, 0.25) is 5.95 Å². The second kappa shape index (κ2) is 8.85. The molecule has 2 fully saturated rings. The van der Waals surface area contributed by atoms with Crippen molar-refractivity contribution in [1.29, 1.82) is 0 Å². The van der Waals surface area contributed by atoms with Crippen LogP contribution in [-0.4, -0.2) is 47.2 Å². The molecule has 1 aromatic carbocycles. The molecule has 4 rings (SSSR count). The lowest BCUT2D eigenvalue weighted by atomic mass is 9.75. The standard InChI is InChI=1S/C23H33ClN4O2/c1-5-27(16(3)4)22-26-25-21(23(30-6-2)10-11-29-15-23)28(22)20-13-18(14-20)17-8-7-9-19(24)12-17/h7-9,12,16,18,20H,5-6,10-11,13-15H2,1-4H3. The lowest BCUT2D eigenvalue weighted by molar-refractivity contribution is -0.0587. The summed E-state index contributed by atoms with van der Waals surface area (Å²) in [6.45, 7) is 11.4. The third kappa shape index (κ3) is 3.85. The van der Waals surface area contributed by atoms with Crippen LogP contribution in [0.5, 0.6) is 0 Å². The van der Waals surface area contributed by atoms with E-state index >= 15 is 0 Å². The van der Waals surface area contributed by atoms with Gasteiger partial charge in [-0.05, 0) is 64.2 Å². The topological polar surface area (TPSA) is 52.4 Å². The van der Waals surface area contributed by atoms with E-state index in [0.717, 1.165) is 42.6 Å². The van der Waals surface area contributed by atoms with E-state index in [9.17, 15) is 0 Å². The van der Waals surface area contributed by atoms with Crippen LogP contribution in [0.15, 0.2) is 24.3 Å². The first-order chi connectivity index (χ1) is 14.5. The Morgan fingerprint density at radius 1 is 1.30 bits per heavy atom. The lowest BCUT2D eigenvalue weighted by Gasteiger charge is -2.41. The highest BCUT2D eigenvalue weighted by atomic mass is 35.5. The zero-order valence-corrected chi connectivity index (χ0v) is 19.2. The van der Waals surface area contributed by atoms with Gasteiger partial charge in [-0.2, -0.15) is 0 Å². The number of rotatable bonds is 8. The predicted octanol–water partition coefficient (Wildman–Crippen LogP) is 4.94. The number of nitrogens with zero attached hydrogens (tertiary/aromatic N) is 4. The van der Waals surface area contributed by atoms with E-state index in [1.165, 1.54) is 5.56 Å². The number of anilines is 1. The van der Waals surface area contributed by atoms with Crippen LogP contribution in [0.2, 0.25) is 5.02 Å². The third-order valence-electron chi connectivity index (χ3n) is 6.51. The van der Waals surface area contributed by atoms with Crippen LogP contribution >= 0.6 is 11.6 Å². The van der Waals surface area contributed by atoms with Crippen molar-refractivity contribution in [3.8, 4) is 0 Å². The molecule has 1 aliphatic carbocycles. The molecule has 1 unspecified atom stereocenters. The van der Waals surface area contributed by atoms with E-state index < -0.39 is 5.60 Å². The summed E-state index contributed by atoms with van der Waals surface area (Å²) in [5.41, 5.74) is 0.812. The molecule has 0 spiro atoms. The maximum Gasteiger partial charge on any atom is 0.227 e. The maximum absolute atomic E-state index is 6.27. The highest BCUT2D eigenvalue weighted by Gasteiger charge is 2.46. The molecule has 0 bridgehead atoms. The molecular weight excluding hydrogens is 400 g/mol. The average Bonchev–Trinajstić information content (AvgIpc) is 3.30. The molecule has 1 saturated carbocycles. The molecule has 0 N–H and O–H groups in total. The summed E-state index contributed by atoms with van der Waals surface area (Å²) in [6, 6.07) is 8.94. The molecule has 2 aromatic rings. The summed E-state index contributed by atoms with van der Waals surface area (Å²) in [5, 5.41) is 10.2. The molecule has 2 heterocycles. The Morgan fingerprint density at radius 2 is 2.10 bits per heavy atom. The van der Waals surface area contributed by atoms with Crippen molar-refractivity contribution < 1.29 is 9.47 Å². The van der Waals surface area contributed by atoms with Crippen LogP contribution in [0.1, 0.15) is 70.3 Å². The zero-order chi connectivity index (χ0) is 21.3. The first-order valence-corrected chi connectivity index (χ1v) is 11.6. The summed E-state index contributed by atoms with van der Waals surface area (Å²) < 4.78 is 14.4. The van der Waals surface area contributed by atoms with Crippen molar-refractivity contribution >= 4 is 17.5 Å². The van der Waals surface area contributed by atoms with Crippen molar-refractivity contribution in [2.45, 2.75) is 70.6 Å². The second-order valence-electron chi connectivity index (χ2n) is 8.68. The molecule has 0 amide bonds. The van der Waals surface area contributed by atoms with E-state index in [1.807, 2.05) is 19.1 Å². The predicted molar refractivity (Wildman–Crippen MR) is 119 cm³/mol. The SMILES string of the molecule is CCOC1(c2nnc(N(CC)C(C)C)n2C2CC(c3cccc(Cl)c3)C2)CCOC1. The minimum Gasteiger partial charge on any atom is -0.378 e. The average molecular weight is 433 g/mol. The van der Waals surface area contributed by atoms with Gasteiger partial charge in [-0.1, -0.05) is 23.7 Å². The van der Waals surface area contributed by atoms with Gasteiger partial charge in [-0.25, -0.2) is 0 Å². The number of ether oxygens (including phenoxy) is 2. The van der Waals surface area contributed by atoms with Gasteiger partial charge in [0, 0.05) is 36.7 Å². The van der Waals surface area contributed by atoms with Gasteiger partial charge in [0.1, 0.15) is 0 Å². The van der Waals surface area contributed by atoms with Gasteiger partial charge in [0.05, 0.1) is 13.2 Å². The van der Waals surface area contributed by atoms with E-state index in [0.29, 0.717) is 37.8 Å². The Labute approximate surface area is 184 Å². The molecule has 164 valence electrons. The van der Waals surface area contributed by atoms with Crippen LogP contribution in [-0.2, 0) is 15.1 Å². The van der Waals surface area contributed by atoms with Crippen molar-refractivity contribution in [3.05, 3.63) is 40.7 Å². The monoisotopic (exact) mass is 432 g/mol. The summed E-state index contributed by atoms with van der Waals surface area (Å²) >= 11 is 6.23. The minimum atomic E-state index is -0.502. The van der Waals surface area contributed by atoms with Gasteiger partial charge in [-0.15, -0.1) is 10.2 Å². The second-order valence-corrected chi connectivity index (χ2v) is 9.12. The molecule has 1 atom stereocenters. The van der Waals surface area contributed by atoms with Crippen LogP contribution < -0.4 is 4.90 Å². The fourth-order valence-corrected chi connectivity index (χ4v) is 5.07. The first-order valence-electron chi connectivity index (χ1n) is 11.2. The number of hydrogen-bond donors (Lipinski definition) is 0. The molecule has 2 aliphatic rings. The number of hydrogen-bond acceptors (Lipinski definition) is 5. The van der Waals surface area contributed by atoms with Crippen LogP contribution in [0.25, 0.3) is 0 Å². The fourth-order valence-electron chi connectivity index (χ4n) is 4.87. The summed E-state index contributed by atoms with van der Waals surface area (Å²) in [4.78, 5) is 2.32. The largest absolute Gasteiger partial charge is 0.378 e. The summed E-state index contributed by atoms with van der Waals surface area (Å²) in [5.74, 6) is 2.38. The van der Waals surface area contributed by atoms with E-state index in [1.54, 1.807) is 0 Å². The molecule has 7 heteroatoms. The van der Waals surface area contributed by atoms with Crippen molar-refractivity contribution in [3.63, 3.8) is 0 Å². The molecule has 1 aliphatic heterocycles. The number of aromatic nitrogens is 3. The molecular formula is C23H33ClN4O2. The highest BCUT2D eigenvalue weighted by molar-refractivity contribution is 6.30. The Kier molecular flexibility index (Phi) is 6.37. The van der Waals surface area contributed by atoms with Gasteiger partial charge in [-0.3, -0.25) is 4.57 Å². The van der Waals surface area contributed by atoms with Crippen molar-refractivity contribution in [1.82, 2.24) is 14.8 Å². The molecule has 1 saturated heterocycles. The first kappa shape index (κ1) is 21.6. The smallest absolute Gasteiger partial charge is 0.227 e. The highest BCUT2D eigenvalue weighted by Crippen LogP contribution is 2.49. The lowest BCUT2D eigenvalue weighted by Crippen LogP contribution is -2.40. The van der Waals surface area contributed by atoms with Crippen LogP contribution in [0, 0.1) is 0 Å². The van der Waals surface area contributed by atoms with Crippen molar-refractivity contribution in [2.75, 3.05) is 31.3 Å². The fraction of sp³-hybridized carbons (Fsp3) is 0.652. The Morgan fingerprint density at radius 3 is 2.70 bits per heavy atom. The Bertz CT molecular complexity index is 857. The summed E-state index contributed by atoms with van der Waals surface area (Å²) in [6.07, 6.45) is 2.92. The Balaban J connectivity index is 1.69. The number of benzene rings is 1.